The summed E-state index contributed by atoms with van der Waals surface area (Å²) in [5.41, 5.74) is 0.0698. The summed E-state index contributed by atoms with van der Waals surface area (Å²) in [6, 6.07) is 5.04. The molecular formula is C11H11F3N2. The van der Waals surface area contributed by atoms with Crippen molar-refractivity contribution in [2.45, 2.75) is 12.6 Å². The Labute approximate surface area is 91.2 Å². The van der Waals surface area contributed by atoms with Crippen LogP contribution >= 0.6 is 0 Å². The van der Waals surface area contributed by atoms with Crippen molar-refractivity contribution in [2.75, 3.05) is 13.1 Å². The van der Waals surface area contributed by atoms with E-state index in [9.17, 15) is 13.2 Å². The first-order chi connectivity index (χ1) is 7.57. The lowest BCUT2D eigenvalue weighted by atomic mass is 10.1. The molecule has 0 saturated carbocycles. The molecule has 1 aliphatic heterocycles. The summed E-state index contributed by atoms with van der Waals surface area (Å²) in [5, 5.41) is 3.06. The summed E-state index contributed by atoms with van der Waals surface area (Å²) in [4.78, 5) is 4.22. The lowest BCUT2D eigenvalue weighted by Crippen LogP contribution is -2.30. The predicted molar refractivity (Wildman–Crippen MR) is 55.5 cm³/mol. The molecule has 0 aliphatic carbocycles. The summed E-state index contributed by atoms with van der Waals surface area (Å²) in [7, 11) is 0. The van der Waals surface area contributed by atoms with Crippen molar-refractivity contribution < 1.29 is 13.2 Å². The minimum atomic E-state index is -4.28. The van der Waals surface area contributed by atoms with Crippen molar-refractivity contribution in [1.29, 1.82) is 0 Å². The monoisotopic (exact) mass is 228 g/mol. The van der Waals surface area contributed by atoms with Crippen LogP contribution in [0.25, 0.3) is 0 Å². The van der Waals surface area contributed by atoms with Crippen LogP contribution in [0.4, 0.5) is 13.2 Å². The van der Waals surface area contributed by atoms with Crippen LogP contribution in [0.15, 0.2) is 29.3 Å². The molecule has 0 fully saturated rings. The maximum absolute atomic E-state index is 12.3. The van der Waals surface area contributed by atoms with Gasteiger partial charge in [-0.25, -0.2) is 0 Å². The highest BCUT2D eigenvalue weighted by Crippen LogP contribution is 2.29. The van der Waals surface area contributed by atoms with E-state index >= 15 is 0 Å². The zero-order chi connectivity index (χ0) is 11.6. The fourth-order valence-electron chi connectivity index (χ4n) is 1.54. The standard InChI is InChI=1S/C11H11F3N2/c12-11(13,14)9-4-2-8(3-5-9)10-15-6-1-7-16-10/h2-5H,1,6-7H2,(H,15,16). The molecule has 16 heavy (non-hydrogen) atoms. The van der Waals surface area contributed by atoms with Crippen molar-refractivity contribution in [2.24, 2.45) is 4.99 Å². The molecule has 0 amide bonds. The van der Waals surface area contributed by atoms with Gasteiger partial charge in [0.1, 0.15) is 5.84 Å². The summed E-state index contributed by atoms with van der Waals surface area (Å²) in [6.45, 7) is 1.54. The van der Waals surface area contributed by atoms with Crippen molar-refractivity contribution in [3.8, 4) is 0 Å². The van der Waals surface area contributed by atoms with Gasteiger partial charge < -0.3 is 5.32 Å². The average molecular weight is 228 g/mol. The van der Waals surface area contributed by atoms with Crippen molar-refractivity contribution >= 4 is 5.84 Å². The number of hydrogen-bond acceptors (Lipinski definition) is 2. The van der Waals surface area contributed by atoms with Gasteiger partial charge in [0.2, 0.25) is 0 Å². The van der Waals surface area contributed by atoms with Gasteiger partial charge in [-0.1, -0.05) is 12.1 Å². The molecule has 1 heterocycles. The molecule has 0 aromatic heterocycles. The zero-order valence-electron chi connectivity index (χ0n) is 8.51. The minimum absolute atomic E-state index is 0.632. The number of benzene rings is 1. The van der Waals surface area contributed by atoms with Gasteiger partial charge in [-0.2, -0.15) is 13.2 Å². The van der Waals surface area contributed by atoms with Crippen LogP contribution in [0.3, 0.4) is 0 Å². The number of nitrogens with zero attached hydrogens (tertiary/aromatic N) is 1. The molecule has 0 saturated heterocycles. The quantitative estimate of drug-likeness (QED) is 0.784. The molecule has 0 unspecified atom stereocenters. The lowest BCUT2D eigenvalue weighted by Gasteiger charge is -2.15. The molecule has 0 spiro atoms. The number of rotatable bonds is 1. The third-order valence-electron chi connectivity index (χ3n) is 2.38. The Balaban J connectivity index is 2.22. The molecule has 2 rings (SSSR count). The van der Waals surface area contributed by atoms with E-state index in [4.69, 9.17) is 0 Å². The summed E-state index contributed by atoms with van der Waals surface area (Å²) in [5.74, 6) is 0.681. The Kier molecular flexibility index (Phi) is 2.85. The van der Waals surface area contributed by atoms with Crippen molar-refractivity contribution in [3.63, 3.8) is 0 Å². The first-order valence-electron chi connectivity index (χ1n) is 5.03. The normalized spacial score (nSPS) is 16.6. The molecule has 0 bridgehead atoms. The molecule has 2 nitrogen and oxygen atoms in total. The highest BCUT2D eigenvalue weighted by atomic mass is 19.4. The Morgan fingerprint density at radius 2 is 1.81 bits per heavy atom. The van der Waals surface area contributed by atoms with Crippen LogP contribution in [-0.2, 0) is 6.18 Å². The fraction of sp³-hybridized carbons (Fsp3) is 0.364. The first kappa shape index (κ1) is 11.0. The Hall–Kier alpha value is -1.52. The molecule has 0 radical (unpaired) electrons. The van der Waals surface area contributed by atoms with Gasteiger partial charge in [-0.05, 0) is 18.6 Å². The van der Waals surface area contributed by atoms with Gasteiger partial charge >= 0.3 is 6.18 Å². The van der Waals surface area contributed by atoms with E-state index < -0.39 is 11.7 Å². The number of halogens is 3. The second kappa shape index (κ2) is 4.15. The smallest absolute Gasteiger partial charge is 0.370 e. The number of nitrogens with one attached hydrogen (secondary N) is 1. The topological polar surface area (TPSA) is 24.4 Å². The minimum Gasteiger partial charge on any atom is -0.370 e. The van der Waals surface area contributed by atoms with Gasteiger partial charge in [0.05, 0.1) is 5.56 Å². The van der Waals surface area contributed by atoms with Crippen LogP contribution in [0.5, 0.6) is 0 Å². The number of hydrogen-bond donors (Lipinski definition) is 1. The summed E-state index contributed by atoms with van der Waals surface area (Å²) >= 11 is 0. The molecule has 1 aliphatic rings. The summed E-state index contributed by atoms with van der Waals surface area (Å²) in [6.07, 6.45) is -3.32. The SMILES string of the molecule is FC(F)(F)c1ccc(C2=NCCCN2)cc1. The molecule has 86 valence electrons. The van der Waals surface area contributed by atoms with E-state index in [1.54, 1.807) is 0 Å². The Morgan fingerprint density at radius 3 is 2.31 bits per heavy atom. The van der Waals surface area contributed by atoms with Crippen LogP contribution in [0, 0.1) is 0 Å². The predicted octanol–water partition coefficient (Wildman–Crippen LogP) is 2.45. The maximum Gasteiger partial charge on any atom is 0.416 e. The van der Waals surface area contributed by atoms with Gasteiger partial charge in [0, 0.05) is 18.7 Å². The number of aliphatic imine (C=N–C) groups is 1. The number of alkyl halides is 3. The molecule has 1 aromatic carbocycles. The van der Waals surface area contributed by atoms with E-state index in [0.717, 1.165) is 31.6 Å². The van der Waals surface area contributed by atoms with E-state index in [0.29, 0.717) is 11.4 Å². The van der Waals surface area contributed by atoms with E-state index in [1.165, 1.54) is 12.1 Å². The lowest BCUT2D eigenvalue weighted by molar-refractivity contribution is -0.137. The second-order valence-corrected chi connectivity index (χ2v) is 3.59. The second-order valence-electron chi connectivity index (χ2n) is 3.59. The molecule has 1 aromatic rings. The Bertz CT molecular complexity index is 393. The first-order valence-corrected chi connectivity index (χ1v) is 5.03. The summed E-state index contributed by atoms with van der Waals surface area (Å²) < 4.78 is 36.9. The number of amidine groups is 1. The molecular weight excluding hydrogens is 217 g/mol. The molecule has 5 heteroatoms. The molecule has 1 N–H and O–H groups in total. The average Bonchev–Trinajstić information content (AvgIpc) is 2.29. The zero-order valence-corrected chi connectivity index (χ0v) is 8.51. The highest BCUT2D eigenvalue weighted by molar-refractivity contribution is 5.99. The van der Waals surface area contributed by atoms with Gasteiger partial charge in [0.15, 0.2) is 0 Å². The van der Waals surface area contributed by atoms with Crippen LogP contribution in [0.1, 0.15) is 17.5 Å². The largest absolute Gasteiger partial charge is 0.416 e. The van der Waals surface area contributed by atoms with E-state index in [-0.39, 0.29) is 0 Å². The van der Waals surface area contributed by atoms with Crippen LogP contribution < -0.4 is 5.32 Å². The third kappa shape index (κ3) is 2.35. The van der Waals surface area contributed by atoms with Crippen LogP contribution in [-0.4, -0.2) is 18.9 Å². The van der Waals surface area contributed by atoms with E-state index in [1.807, 2.05) is 0 Å². The fourth-order valence-corrected chi connectivity index (χ4v) is 1.54. The van der Waals surface area contributed by atoms with Gasteiger partial charge in [0.25, 0.3) is 0 Å². The highest BCUT2D eigenvalue weighted by Gasteiger charge is 2.30. The maximum atomic E-state index is 12.3. The Morgan fingerprint density at radius 1 is 1.12 bits per heavy atom. The van der Waals surface area contributed by atoms with Crippen molar-refractivity contribution in [1.82, 2.24) is 5.32 Å². The van der Waals surface area contributed by atoms with Gasteiger partial charge in [-0.3, -0.25) is 4.99 Å². The van der Waals surface area contributed by atoms with Gasteiger partial charge in [-0.15, -0.1) is 0 Å². The van der Waals surface area contributed by atoms with Crippen LogP contribution in [0.2, 0.25) is 0 Å². The molecule has 0 atom stereocenters. The van der Waals surface area contributed by atoms with E-state index in [2.05, 4.69) is 10.3 Å². The third-order valence-corrected chi connectivity index (χ3v) is 2.38. The van der Waals surface area contributed by atoms with Crippen molar-refractivity contribution in [3.05, 3.63) is 35.4 Å².